The number of carbonyl (C=O) groups is 2. The van der Waals surface area contributed by atoms with E-state index in [0.29, 0.717) is 52.9 Å². The third kappa shape index (κ3) is 4.02. The van der Waals surface area contributed by atoms with Crippen LogP contribution in [0.15, 0.2) is 35.1 Å². The quantitative estimate of drug-likeness (QED) is 0.381. The number of esters is 1. The van der Waals surface area contributed by atoms with E-state index in [9.17, 15) is 14.4 Å². The number of hydrogen-bond acceptors (Lipinski definition) is 7. The van der Waals surface area contributed by atoms with Gasteiger partial charge in [-0.1, -0.05) is 25.4 Å². The molecule has 10 heteroatoms. The number of rotatable bonds is 4. The molecular formula is C25H25ClN4O4S. The van der Waals surface area contributed by atoms with Crippen LogP contribution in [0.1, 0.15) is 31.1 Å². The molecule has 1 amide bonds. The molecule has 0 atom stereocenters. The van der Waals surface area contributed by atoms with E-state index in [4.69, 9.17) is 21.3 Å². The zero-order valence-corrected chi connectivity index (χ0v) is 21.3. The zero-order chi connectivity index (χ0) is 24.9. The summed E-state index contributed by atoms with van der Waals surface area (Å²) in [6.07, 6.45) is 0. The van der Waals surface area contributed by atoms with Crippen molar-refractivity contribution >= 4 is 66.7 Å². The summed E-state index contributed by atoms with van der Waals surface area (Å²) in [6.45, 7) is 8.21. The maximum atomic E-state index is 13.4. The molecule has 0 saturated carbocycles. The fourth-order valence-electron chi connectivity index (χ4n) is 4.48. The summed E-state index contributed by atoms with van der Waals surface area (Å²) >= 11 is 7.64. The van der Waals surface area contributed by atoms with Crippen molar-refractivity contribution in [3.63, 3.8) is 0 Å². The van der Waals surface area contributed by atoms with Gasteiger partial charge in [0.25, 0.3) is 0 Å². The Morgan fingerprint density at radius 1 is 1.14 bits per heavy atom. The molecule has 3 aromatic heterocycles. The van der Waals surface area contributed by atoms with Gasteiger partial charge in [-0.05, 0) is 37.3 Å². The summed E-state index contributed by atoms with van der Waals surface area (Å²) in [4.78, 5) is 48.0. The highest BCUT2D eigenvalue weighted by Crippen LogP contribution is 2.33. The maximum Gasteiger partial charge on any atom is 0.345 e. The molecule has 0 spiro atoms. The monoisotopic (exact) mass is 512 g/mol. The molecule has 1 aliphatic rings. The number of benzene rings is 1. The second kappa shape index (κ2) is 9.13. The number of ether oxygens (including phenoxy) is 1. The average molecular weight is 513 g/mol. The molecular weight excluding hydrogens is 488 g/mol. The minimum atomic E-state index is -0.649. The van der Waals surface area contributed by atoms with Crippen LogP contribution in [0.2, 0.25) is 5.02 Å². The summed E-state index contributed by atoms with van der Waals surface area (Å²) in [5.41, 5.74) is 0.837. The van der Waals surface area contributed by atoms with E-state index in [0.717, 1.165) is 10.2 Å². The van der Waals surface area contributed by atoms with Crippen molar-refractivity contribution in [2.45, 2.75) is 20.8 Å². The smallest absolute Gasteiger partial charge is 0.345 e. The molecule has 0 N–H and O–H groups in total. The van der Waals surface area contributed by atoms with Gasteiger partial charge in [0.15, 0.2) is 5.65 Å². The first-order valence-electron chi connectivity index (χ1n) is 11.6. The Hall–Kier alpha value is -3.17. The van der Waals surface area contributed by atoms with E-state index in [1.165, 1.54) is 11.3 Å². The van der Waals surface area contributed by atoms with Crippen LogP contribution in [0.3, 0.4) is 0 Å². The van der Waals surface area contributed by atoms with Gasteiger partial charge in [-0.25, -0.2) is 9.78 Å². The van der Waals surface area contributed by atoms with Crippen molar-refractivity contribution in [1.82, 2.24) is 14.3 Å². The van der Waals surface area contributed by atoms with Gasteiger partial charge in [0.1, 0.15) is 16.2 Å². The van der Waals surface area contributed by atoms with Crippen LogP contribution in [0.5, 0.6) is 0 Å². The predicted octanol–water partition coefficient (Wildman–Crippen LogP) is 4.20. The van der Waals surface area contributed by atoms with Crippen LogP contribution >= 0.6 is 22.9 Å². The lowest BCUT2D eigenvalue weighted by Gasteiger charge is -2.36. The number of amides is 1. The van der Waals surface area contributed by atoms with Gasteiger partial charge >= 0.3 is 5.97 Å². The lowest BCUT2D eigenvalue weighted by Crippen LogP contribution is -2.50. The number of fused-ring (bicyclic) bond motifs is 5. The molecule has 5 rings (SSSR count). The van der Waals surface area contributed by atoms with Crippen molar-refractivity contribution in [2.75, 3.05) is 37.7 Å². The van der Waals surface area contributed by atoms with Crippen LogP contribution in [0.4, 0.5) is 5.82 Å². The van der Waals surface area contributed by atoms with E-state index in [-0.39, 0.29) is 24.0 Å². The third-order valence-electron chi connectivity index (χ3n) is 6.22. The number of halogens is 1. The van der Waals surface area contributed by atoms with Crippen molar-refractivity contribution < 1.29 is 14.3 Å². The summed E-state index contributed by atoms with van der Waals surface area (Å²) in [6, 6.07) is 8.97. The van der Waals surface area contributed by atoms with Crippen LogP contribution in [-0.4, -0.2) is 58.9 Å². The number of thiazole rings is 1. The molecule has 1 aliphatic heterocycles. The van der Waals surface area contributed by atoms with Gasteiger partial charge in [0, 0.05) is 37.1 Å². The lowest BCUT2D eigenvalue weighted by atomic mass is 10.1. The van der Waals surface area contributed by atoms with E-state index in [2.05, 4.69) is 4.90 Å². The number of piperazine rings is 1. The normalized spacial score (nSPS) is 14.4. The first-order valence-corrected chi connectivity index (χ1v) is 12.8. The number of pyridine rings is 2. The molecule has 1 fully saturated rings. The number of hydrogen-bond donors (Lipinski definition) is 0. The molecule has 35 heavy (non-hydrogen) atoms. The van der Waals surface area contributed by atoms with Crippen molar-refractivity contribution in [3.05, 3.63) is 51.1 Å². The van der Waals surface area contributed by atoms with Crippen LogP contribution in [-0.2, 0) is 9.53 Å². The molecule has 0 aliphatic carbocycles. The highest BCUT2D eigenvalue weighted by molar-refractivity contribution is 7.24. The minimum Gasteiger partial charge on any atom is -0.462 e. The molecule has 0 radical (unpaired) electrons. The van der Waals surface area contributed by atoms with Crippen LogP contribution < -0.4 is 10.3 Å². The second-order valence-electron chi connectivity index (χ2n) is 8.79. The maximum absolute atomic E-state index is 13.4. The predicted molar refractivity (Wildman–Crippen MR) is 139 cm³/mol. The van der Waals surface area contributed by atoms with Gasteiger partial charge in [0.2, 0.25) is 11.3 Å². The topological polar surface area (TPSA) is 84.2 Å². The van der Waals surface area contributed by atoms with Crippen molar-refractivity contribution in [3.8, 4) is 0 Å². The minimum absolute atomic E-state index is 0.00651. The highest BCUT2D eigenvalue weighted by atomic mass is 35.5. The highest BCUT2D eigenvalue weighted by Gasteiger charge is 2.26. The lowest BCUT2D eigenvalue weighted by molar-refractivity contribution is -0.134. The Morgan fingerprint density at radius 2 is 1.89 bits per heavy atom. The average Bonchev–Trinajstić information content (AvgIpc) is 3.21. The zero-order valence-electron chi connectivity index (χ0n) is 19.7. The molecule has 1 aromatic carbocycles. The molecule has 4 aromatic rings. The SMILES string of the molecule is CCOC(=O)c1c(=O)c2ccc(N3CCN(C(=O)C(C)C)CC3)nc2n2c1sc1ccc(Cl)cc12. The third-order valence-corrected chi connectivity index (χ3v) is 7.60. The largest absolute Gasteiger partial charge is 0.462 e. The van der Waals surface area contributed by atoms with Gasteiger partial charge in [0.05, 0.1) is 22.2 Å². The molecule has 8 nitrogen and oxygen atoms in total. The van der Waals surface area contributed by atoms with Crippen molar-refractivity contribution in [1.29, 1.82) is 0 Å². The Labute approximate surface area is 210 Å². The van der Waals surface area contributed by atoms with Crippen molar-refractivity contribution in [2.24, 2.45) is 5.92 Å². The number of carbonyl (C=O) groups excluding carboxylic acids is 2. The summed E-state index contributed by atoms with van der Waals surface area (Å²) in [5.74, 6) is 0.183. The Morgan fingerprint density at radius 3 is 2.57 bits per heavy atom. The van der Waals surface area contributed by atoms with E-state index in [1.807, 2.05) is 35.3 Å². The first-order chi connectivity index (χ1) is 16.8. The second-order valence-corrected chi connectivity index (χ2v) is 10.3. The Balaban J connectivity index is 1.67. The fourth-order valence-corrected chi connectivity index (χ4v) is 5.80. The Bertz CT molecular complexity index is 1540. The standard InChI is InChI=1S/C25H25ClN4O4S/c1-4-34-25(33)20-21(31)16-6-8-19(28-9-11-29(12-10-28)23(32)14(2)3)27-22(16)30-17-13-15(26)5-7-18(17)35-24(20)30/h5-8,13-14H,4,9-12H2,1-3H3. The number of anilines is 1. The van der Waals surface area contributed by atoms with E-state index < -0.39 is 11.4 Å². The Kier molecular flexibility index (Phi) is 6.14. The summed E-state index contributed by atoms with van der Waals surface area (Å²) in [7, 11) is 0. The van der Waals surface area contributed by atoms with Crippen LogP contribution in [0, 0.1) is 5.92 Å². The summed E-state index contributed by atoms with van der Waals surface area (Å²) < 4.78 is 7.92. The van der Waals surface area contributed by atoms with Gasteiger partial charge in [-0.3, -0.25) is 14.0 Å². The van der Waals surface area contributed by atoms with Gasteiger partial charge < -0.3 is 14.5 Å². The van der Waals surface area contributed by atoms with Gasteiger partial charge in [-0.2, -0.15) is 0 Å². The molecule has 0 bridgehead atoms. The van der Waals surface area contributed by atoms with Crippen LogP contribution in [0.25, 0.3) is 26.1 Å². The molecule has 1 saturated heterocycles. The van der Waals surface area contributed by atoms with E-state index in [1.54, 1.807) is 25.1 Å². The summed E-state index contributed by atoms with van der Waals surface area (Å²) in [5, 5.41) is 0.881. The molecule has 4 heterocycles. The fraction of sp³-hybridized carbons (Fsp3) is 0.360. The molecule has 182 valence electrons. The first kappa shape index (κ1) is 23.6. The van der Waals surface area contributed by atoms with Gasteiger partial charge in [-0.15, -0.1) is 11.3 Å². The van der Waals surface area contributed by atoms with E-state index >= 15 is 0 Å². The number of nitrogens with zero attached hydrogens (tertiary/aromatic N) is 4. The number of aromatic nitrogens is 2. The molecule has 0 unspecified atom stereocenters.